The first-order valence-electron chi connectivity index (χ1n) is 8.08. The Labute approximate surface area is 121 Å². The average Bonchev–Trinajstić information content (AvgIpc) is 2.97. The van der Waals surface area contributed by atoms with Gasteiger partial charge < -0.3 is 15.4 Å². The van der Waals surface area contributed by atoms with Gasteiger partial charge in [0.25, 0.3) is 0 Å². The van der Waals surface area contributed by atoms with Gasteiger partial charge in [0, 0.05) is 17.8 Å². The molecule has 112 valence electrons. The fourth-order valence-electron chi connectivity index (χ4n) is 4.13. The molecular weight excluding hydrogens is 250 g/mol. The molecule has 1 heterocycles. The summed E-state index contributed by atoms with van der Waals surface area (Å²) in [6, 6.07) is 0. The normalized spacial score (nSPS) is 29.6. The maximum absolute atomic E-state index is 9.56. The molecule has 3 N–H and O–H groups in total. The molecule has 0 spiro atoms. The van der Waals surface area contributed by atoms with Gasteiger partial charge in [0.1, 0.15) is 5.82 Å². The van der Waals surface area contributed by atoms with Crippen LogP contribution in [0.15, 0.2) is 0 Å². The van der Waals surface area contributed by atoms with E-state index in [9.17, 15) is 5.11 Å². The van der Waals surface area contributed by atoms with Crippen molar-refractivity contribution in [1.82, 2.24) is 9.55 Å². The van der Waals surface area contributed by atoms with E-state index in [0.717, 1.165) is 44.5 Å². The van der Waals surface area contributed by atoms with E-state index in [4.69, 9.17) is 10.7 Å². The monoisotopic (exact) mass is 277 g/mol. The lowest BCUT2D eigenvalue weighted by atomic mass is 9.86. The molecule has 1 aromatic heterocycles. The summed E-state index contributed by atoms with van der Waals surface area (Å²) in [5.74, 6) is 1.61. The molecule has 0 saturated heterocycles. The first-order valence-corrected chi connectivity index (χ1v) is 8.08. The molecule has 1 fully saturated rings. The second-order valence-corrected chi connectivity index (χ2v) is 6.68. The molecule has 4 heteroatoms. The lowest BCUT2D eigenvalue weighted by Gasteiger charge is -2.30. The average molecular weight is 277 g/mol. The van der Waals surface area contributed by atoms with Gasteiger partial charge >= 0.3 is 0 Å². The Morgan fingerprint density at radius 3 is 2.95 bits per heavy atom. The number of imidazole rings is 1. The zero-order chi connectivity index (χ0) is 14.2. The van der Waals surface area contributed by atoms with Crippen LogP contribution in [0.2, 0.25) is 0 Å². The van der Waals surface area contributed by atoms with Gasteiger partial charge in [-0.2, -0.15) is 0 Å². The van der Waals surface area contributed by atoms with Crippen LogP contribution in [0.1, 0.15) is 55.7 Å². The van der Waals surface area contributed by atoms with Crippen molar-refractivity contribution in [2.45, 2.75) is 70.4 Å². The Bertz CT molecular complexity index is 482. The van der Waals surface area contributed by atoms with E-state index in [1.807, 2.05) is 0 Å². The van der Waals surface area contributed by atoms with Gasteiger partial charge in [-0.15, -0.1) is 0 Å². The molecule has 0 aliphatic heterocycles. The van der Waals surface area contributed by atoms with E-state index in [1.54, 1.807) is 0 Å². The summed E-state index contributed by atoms with van der Waals surface area (Å²) in [7, 11) is 0. The SMILES string of the molecule is Cc1nc2c(n1CCC1CCCC1(N)CO)CCCC2. The summed E-state index contributed by atoms with van der Waals surface area (Å²) in [5, 5.41) is 9.56. The number of aliphatic hydroxyl groups is 1. The van der Waals surface area contributed by atoms with Crippen molar-refractivity contribution in [3.8, 4) is 0 Å². The number of aryl methyl sites for hydroxylation is 2. The lowest BCUT2D eigenvalue weighted by molar-refractivity contribution is 0.152. The second-order valence-electron chi connectivity index (χ2n) is 6.68. The van der Waals surface area contributed by atoms with Crippen LogP contribution in [0.25, 0.3) is 0 Å². The van der Waals surface area contributed by atoms with Crippen LogP contribution in [0, 0.1) is 12.8 Å². The van der Waals surface area contributed by atoms with Gasteiger partial charge in [-0.3, -0.25) is 0 Å². The van der Waals surface area contributed by atoms with Crippen LogP contribution in [0.3, 0.4) is 0 Å². The Morgan fingerprint density at radius 1 is 1.35 bits per heavy atom. The van der Waals surface area contributed by atoms with E-state index in [1.165, 1.54) is 30.7 Å². The molecule has 2 aliphatic rings. The maximum Gasteiger partial charge on any atom is 0.106 e. The highest BCUT2D eigenvalue weighted by Crippen LogP contribution is 2.36. The third-order valence-electron chi connectivity index (χ3n) is 5.43. The molecule has 0 aromatic carbocycles. The highest BCUT2D eigenvalue weighted by molar-refractivity contribution is 5.19. The van der Waals surface area contributed by atoms with Crippen molar-refractivity contribution < 1.29 is 5.11 Å². The number of fused-ring (bicyclic) bond motifs is 1. The van der Waals surface area contributed by atoms with E-state index in [2.05, 4.69) is 11.5 Å². The van der Waals surface area contributed by atoms with Crippen molar-refractivity contribution in [1.29, 1.82) is 0 Å². The van der Waals surface area contributed by atoms with Crippen LogP contribution in [-0.2, 0) is 19.4 Å². The predicted octanol–water partition coefficient (Wildman–Crippen LogP) is 1.95. The van der Waals surface area contributed by atoms with E-state index < -0.39 is 0 Å². The summed E-state index contributed by atoms with van der Waals surface area (Å²) in [4.78, 5) is 4.74. The van der Waals surface area contributed by atoms with Crippen molar-refractivity contribution in [3.05, 3.63) is 17.2 Å². The topological polar surface area (TPSA) is 64.1 Å². The molecule has 2 aliphatic carbocycles. The number of aromatic nitrogens is 2. The van der Waals surface area contributed by atoms with Crippen LogP contribution in [-0.4, -0.2) is 26.8 Å². The minimum absolute atomic E-state index is 0.124. The first-order chi connectivity index (χ1) is 9.64. The highest BCUT2D eigenvalue weighted by atomic mass is 16.3. The molecule has 2 unspecified atom stereocenters. The van der Waals surface area contributed by atoms with Gasteiger partial charge in [0.05, 0.1) is 12.3 Å². The number of aliphatic hydroxyl groups excluding tert-OH is 1. The minimum Gasteiger partial charge on any atom is -0.394 e. The Hall–Kier alpha value is -0.870. The standard InChI is InChI=1S/C16H27N3O/c1-12-18-14-6-2-3-7-15(14)19(12)10-8-13-5-4-9-16(13,17)11-20/h13,20H,2-11,17H2,1H3. The molecule has 2 atom stereocenters. The third-order valence-corrected chi connectivity index (χ3v) is 5.43. The summed E-state index contributed by atoms with van der Waals surface area (Å²) < 4.78 is 2.41. The summed E-state index contributed by atoms with van der Waals surface area (Å²) >= 11 is 0. The Kier molecular flexibility index (Phi) is 3.87. The van der Waals surface area contributed by atoms with Crippen LogP contribution < -0.4 is 5.73 Å². The molecule has 4 nitrogen and oxygen atoms in total. The van der Waals surface area contributed by atoms with E-state index in [0.29, 0.717) is 5.92 Å². The van der Waals surface area contributed by atoms with Gasteiger partial charge in [0.15, 0.2) is 0 Å². The molecule has 0 bridgehead atoms. The first kappa shape index (κ1) is 14.1. The minimum atomic E-state index is -0.339. The maximum atomic E-state index is 9.56. The van der Waals surface area contributed by atoms with Gasteiger partial charge in [-0.25, -0.2) is 4.98 Å². The second kappa shape index (κ2) is 5.49. The zero-order valence-corrected chi connectivity index (χ0v) is 12.6. The molecule has 0 radical (unpaired) electrons. The summed E-state index contributed by atoms with van der Waals surface area (Å²) in [6.07, 6.45) is 9.24. The largest absolute Gasteiger partial charge is 0.394 e. The number of hydrogen-bond acceptors (Lipinski definition) is 3. The van der Waals surface area contributed by atoms with E-state index >= 15 is 0 Å². The number of nitrogens with zero attached hydrogens (tertiary/aromatic N) is 2. The van der Waals surface area contributed by atoms with Crippen molar-refractivity contribution >= 4 is 0 Å². The van der Waals surface area contributed by atoms with Crippen LogP contribution >= 0.6 is 0 Å². The molecule has 1 aromatic rings. The lowest BCUT2D eigenvalue weighted by Crippen LogP contribution is -2.47. The van der Waals surface area contributed by atoms with Crippen LogP contribution in [0.5, 0.6) is 0 Å². The summed E-state index contributed by atoms with van der Waals surface area (Å²) in [5.41, 5.74) is 8.78. The quantitative estimate of drug-likeness (QED) is 0.884. The summed E-state index contributed by atoms with van der Waals surface area (Å²) in [6.45, 7) is 3.26. The van der Waals surface area contributed by atoms with Gasteiger partial charge in [0.2, 0.25) is 0 Å². The third kappa shape index (κ3) is 2.40. The van der Waals surface area contributed by atoms with E-state index in [-0.39, 0.29) is 12.1 Å². The smallest absolute Gasteiger partial charge is 0.106 e. The molecule has 0 amide bonds. The van der Waals surface area contributed by atoms with Crippen LogP contribution in [0.4, 0.5) is 0 Å². The number of rotatable bonds is 4. The zero-order valence-electron chi connectivity index (χ0n) is 12.6. The number of hydrogen-bond donors (Lipinski definition) is 2. The molecule has 3 rings (SSSR count). The van der Waals surface area contributed by atoms with Gasteiger partial charge in [-0.1, -0.05) is 6.42 Å². The van der Waals surface area contributed by atoms with Gasteiger partial charge in [-0.05, 0) is 57.8 Å². The van der Waals surface area contributed by atoms with Crippen molar-refractivity contribution in [2.24, 2.45) is 11.7 Å². The van der Waals surface area contributed by atoms with Crippen molar-refractivity contribution in [2.75, 3.05) is 6.61 Å². The molecule has 1 saturated carbocycles. The number of nitrogens with two attached hydrogens (primary N) is 1. The Morgan fingerprint density at radius 2 is 2.15 bits per heavy atom. The predicted molar refractivity (Wildman–Crippen MR) is 79.6 cm³/mol. The fraction of sp³-hybridized carbons (Fsp3) is 0.812. The molecule has 20 heavy (non-hydrogen) atoms. The molecular formula is C16H27N3O. The Balaban J connectivity index is 1.71. The fourth-order valence-corrected chi connectivity index (χ4v) is 4.13. The van der Waals surface area contributed by atoms with Crippen molar-refractivity contribution in [3.63, 3.8) is 0 Å². The highest BCUT2D eigenvalue weighted by Gasteiger charge is 2.38.